The molecule has 0 spiro atoms. The van der Waals surface area contributed by atoms with Crippen molar-refractivity contribution >= 4 is 0 Å². The molecule has 1 aliphatic carbocycles. The number of likely N-dealkylation sites (N-methyl/N-ethyl adjacent to an activating group) is 1. The number of hydrogen-bond donors (Lipinski definition) is 1. The van der Waals surface area contributed by atoms with Gasteiger partial charge in [0.05, 0.1) is 6.10 Å². The molecule has 100 valence electrons. The summed E-state index contributed by atoms with van der Waals surface area (Å²) in [5.74, 6) is 0.822. The summed E-state index contributed by atoms with van der Waals surface area (Å²) in [6.07, 6.45) is 7.11. The zero-order valence-electron chi connectivity index (χ0n) is 11.4. The molecule has 1 fully saturated rings. The van der Waals surface area contributed by atoms with Gasteiger partial charge in [0.15, 0.2) is 0 Å². The van der Waals surface area contributed by atoms with Gasteiger partial charge in [-0.1, -0.05) is 6.07 Å². The van der Waals surface area contributed by atoms with E-state index in [1.165, 1.54) is 25.0 Å². The summed E-state index contributed by atoms with van der Waals surface area (Å²) in [7, 11) is 2.05. The maximum atomic E-state index is 5.61. The zero-order chi connectivity index (χ0) is 12.8. The molecule has 1 aromatic rings. The van der Waals surface area contributed by atoms with Crippen molar-refractivity contribution in [2.24, 2.45) is 5.92 Å². The molecule has 0 aromatic carbocycles. The van der Waals surface area contributed by atoms with E-state index in [4.69, 9.17) is 4.74 Å². The van der Waals surface area contributed by atoms with Crippen molar-refractivity contribution in [3.63, 3.8) is 0 Å². The smallest absolute Gasteiger partial charge is 0.0580 e. The van der Waals surface area contributed by atoms with E-state index in [-0.39, 0.29) is 0 Å². The van der Waals surface area contributed by atoms with E-state index in [1.54, 1.807) is 0 Å². The Hall–Kier alpha value is -0.930. The second-order valence-corrected chi connectivity index (χ2v) is 5.16. The summed E-state index contributed by atoms with van der Waals surface area (Å²) in [6.45, 7) is 2.92. The van der Waals surface area contributed by atoms with Crippen molar-refractivity contribution in [3.05, 3.63) is 30.1 Å². The van der Waals surface area contributed by atoms with Crippen LogP contribution in [0.25, 0.3) is 0 Å². The first kappa shape index (κ1) is 13.5. The van der Waals surface area contributed by atoms with Gasteiger partial charge in [-0.15, -0.1) is 0 Å². The third-order valence-corrected chi connectivity index (χ3v) is 3.80. The van der Waals surface area contributed by atoms with E-state index >= 15 is 0 Å². The van der Waals surface area contributed by atoms with E-state index in [0.29, 0.717) is 12.1 Å². The number of hydrogen-bond acceptors (Lipinski definition) is 3. The van der Waals surface area contributed by atoms with Gasteiger partial charge < -0.3 is 10.1 Å². The molecule has 0 bridgehead atoms. The Morgan fingerprint density at radius 3 is 2.89 bits per heavy atom. The molecule has 1 atom stereocenters. The minimum Gasteiger partial charge on any atom is -0.378 e. The van der Waals surface area contributed by atoms with Crippen molar-refractivity contribution in [3.8, 4) is 0 Å². The highest BCUT2D eigenvalue weighted by atomic mass is 16.5. The molecule has 0 aliphatic heterocycles. The van der Waals surface area contributed by atoms with Crippen LogP contribution in [0.15, 0.2) is 24.4 Å². The van der Waals surface area contributed by atoms with Crippen LogP contribution in [0, 0.1) is 5.92 Å². The summed E-state index contributed by atoms with van der Waals surface area (Å²) in [6, 6.07) is 6.67. The highest BCUT2D eigenvalue weighted by Gasteiger charge is 2.31. The summed E-state index contributed by atoms with van der Waals surface area (Å²) in [5.41, 5.74) is 1.18. The number of nitrogens with one attached hydrogen (secondary N) is 1. The van der Waals surface area contributed by atoms with Crippen molar-refractivity contribution in [2.75, 3.05) is 13.7 Å². The number of nitrogens with zero attached hydrogens (tertiary/aromatic N) is 1. The molecule has 3 heteroatoms. The minimum atomic E-state index is 0.521. The van der Waals surface area contributed by atoms with Crippen LogP contribution in [-0.4, -0.2) is 30.8 Å². The van der Waals surface area contributed by atoms with Gasteiger partial charge in [-0.05, 0) is 51.3 Å². The van der Waals surface area contributed by atoms with E-state index in [2.05, 4.69) is 29.4 Å². The van der Waals surface area contributed by atoms with Crippen LogP contribution in [0.4, 0.5) is 0 Å². The lowest BCUT2D eigenvalue weighted by molar-refractivity contribution is -0.0288. The van der Waals surface area contributed by atoms with Gasteiger partial charge in [-0.25, -0.2) is 0 Å². The lowest BCUT2D eigenvalue weighted by atomic mass is 9.77. The normalized spacial score (nSPS) is 24.6. The Labute approximate surface area is 110 Å². The Morgan fingerprint density at radius 1 is 1.44 bits per heavy atom. The molecule has 1 heterocycles. The lowest BCUT2D eigenvalue weighted by Crippen LogP contribution is -2.38. The fourth-order valence-electron chi connectivity index (χ4n) is 2.72. The summed E-state index contributed by atoms with van der Waals surface area (Å²) in [5, 5.41) is 3.42. The average Bonchev–Trinajstić information content (AvgIpc) is 2.36. The molecule has 1 aromatic heterocycles. The Balaban J connectivity index is 1.74. The van der Waals surface area contributed by atoms with Crippen molar-refractivity contribution in [2.45, 2.75) is 44.8 Å². The van der Waals surface area contributed by atoms with E-state index in [9.17, 15) is 0 Å². The van der Waals surface area contributed by atoms with Gasteiger partial charge in [-0.3, -0.25) is 4.98 Å². The zero-order valence-corrected chi connectivity index (χ0v) is 11.4. The summed E-state index contributed by atoms with van der Waals surface area (Å²) < 4.78 is 5.61. The molecule has 1 N–H and O–H groups in total. The highest BCUT2D eigenvalue weighted by molar-refractivity contribution is 5.05. The largest absolute Gasteiger partial charge is 0.378 e. The maximum absolute atomic E-state index is 5.61. The summed E-state index contributed by atoms with van der Waals surface area (Å²) >= 11 is 0. The van der Waals surface area contributed by atoms with E-state index in [1.807, 2.05) is 19.3 Å². The molecule has 18 heavy (non-hydrogen) atoms. The van der Waals surface area contributed by atoms with Gasteiger partial charge >= 0.3 is 0 Å². The number of aromatic nitrogens is 1. The average molecular weight is 248 g/mol. The fourth-order valence-corrected chi connectivity index (χ4v) is 2.72. The van der Waals surface area contributed by atoms with E-state index in [0.717, 1.165) is 18.9 Å². The van der Waals surface area contributed by atoms with Gasteiger partial charge in [0, 0.05) is 31.0 Å². The van der Waals surface area contributed by atoms with Gasteiger partial charge in [0.25, 0.3) is 0 Å². The second kappa shape index (κ2) is 6.86. The van der Waals surface area contributed by atoms with Gasteiger partial charge in [0.2, 0.25) is 0 Å². The molecular formula is C15H24N2O. The first-order valence-corrected chi connectivity index (χ1v) is 7.00. The van der Waals surface area contributed by atoms with Crippen LogP contribution in [0.2, 0.25) is 0 Å². The Kier molecular flexibility index (Phi) is 5.14. The molecule has 3 nitrogen and oxygen atoms in total. The van der Waals surface area contributed by atoms with Crippen molar-refractivity contribution < 1.29 is 4.74 Å². The SMILES string of the molecule is CCOC1CC(CC(Cc2ccccn2)NC)C1. The predicted molar refractivity (Wildman–Crippen MR) is 73.5 cm³/mol. The molecule has 1 saturated carbocycles. The van der Waals surface area contributed by atoms with Crippen molar-refractivity contribution in [1.82, 2.24) is 10.3 Å². The Bertz CT molecular complexity index is 336. The van der Waals surface area contributed by atoms with Crippen LogP contribution in [0.5, 0.6) is 0 Å². The molecule has 2 rings (SSSR count). The molecule has 1 aliphatic rings. The van der Waals surface area contributed by atoms with Crippen LogP contribution >= 0.6 is 0 Å². The number of ether oxygens (including phenoxy) is 1. The quantitative estimate of drug-likeness (QED) is 0.804. The minimum absolute atomic E-state index is 0.521. The second-order valence-electron chi connectivity index (χ2n) is 5.16. The van der Waals surface area contributed by atoms with Crippen LogP contribution < -0.4 is 5.32 Å². The summed E-state index contributed by atoms with van der Waals surface area (Å²) in [4.78, 5) is 4.40. The predicted octanol–water partition coefficient (Wildman–Crippen LogP) is 2.42. The molecular weight excluding hydrogens is 224 g/mol. The third-order valence-electron chi connectivity index (χ3n) is 3.80. The van der Waals surface area contributed by atoms with Crippen LogP contribution in [-0.2, 0) is 11.2 Å². The highest BCUT2D eigenvalue weighted by Crippen LogP contribution is 2.33. The third kappa shape index (κ3) is 3.79. The monoisotopic (exact) mass is 248 g/mol. The maximum Gasteiger partial charge on any atom is 0.0580 e. The van der Waals surface area contributed by atoms with Gasteiger partial charge in [-0.2, -0.15) is 0 Å². The van der Waals surface area contributed by atoms with Crippen molar-refractivity contribution in [1.29, 1.82) is 0 Å². The molecule has 0 radical (unpaired) electrons. The molecule has 1 unspecified atom stereocenters. The van der Waals surface area contributed by atoms with Gasteiger partial charge in [0.1, 0.15) is 0 Å². The molecule has 0 saturated heterocycles. The van der Waals surface area contributed by atoms with E-state index < -0.39 is 0 Å². The first-order valence-electron chi connectivity index (χ1n) is 7.00. The first-order chi connectivity index (χ1) is 8.81. The fraction of sp³-hybridized carbons (Fsp3) is 0.667. The number of rotatable bonds is 7. The Morgan fingerprint density at radius 2 is 2.28 bits per heavy atom. The van der Waals surface area contributed by atoms with Crippen LogP contribution in [0.1, 0.15) is 31.9 Å². The van der Waals surface area contributed by atoms with Crippen LogP contribution in [0.3, 0.4) is 0 Å². The number of pyridine rings is 1. The topological polar surface area (TPSA) is 34.1 Å². The standard InChI is InChI=1S/C15H24N2O/c1-3-18-15-9-12(10-15)8-14(16-2)11-13-6-4-5-7-17-13/h4-7,12,14-16H,3,8-11H2,1-2H3. The molecule has 0 amide bonds. The lowest BCUT2D eigenvalue weighted by Gasteiger charge is -2.37.